The summed E-state index contributed by atoms with van der Waals surface area (Å²) >= 11 is 0. The van der Waals surface area contributed by atoms with E-state index >= 15 is 0 Å². The zero-order valence-corrected chi connectivity index (χ0v) is 14.3. The molecule has 1 aromatic heterocycles. The van der Waals surface area contributed by atoms with Gasteiger partial charge in [-0.2, -0.15) is 0 Å². The lowest BCUT2D eigenvalue weighted by molar-refractivity contribution is -0.139. The number of carbonyl (C=O) groups excluding carboxylic acids is 1. The lowest BCUT2D eigenvalue weighted by Crippen LogP contribution is -2.51. The summed E-state index contributed by atoms with van der Waals surface area (Å²) < 4.78 is 2.18. The average Bonchev–Trinajstić information content (AvgIpc) is 3.25. The molecule has 2 saturated heterocycles. The molecular weight excluding hydrogens is 286 g/mol. The van der Waals surface area contributed by atoms with Crippen molar-refractivity contribution in [3.8, 4) is 0 Å². The summed E-state index contributed by atoms with van der Waals surface area (Å²) in [5, 5.41) is 0. The minimum absolute atomic E-state index is 0.193. The number of amides is 1. The minimum Gasteiger partial charge on any atom is -0.353 e. The molecule has 3 fully saturated rings. The minimum atomic E-state index is -0.193. The summed E-state index contributed by atoms with van der Waals surface area (Å²) in [6.07, 6.45) is 11.7. The lowest BCUT2D eigenvalue weighted by Gasteiger charge is -2.36. The van der Waals surface area contributed by atoms with E-state index in [1.807, 2.05) is 0 Å². The molecule has 3 aliphatic rings. The van der Waals surface area contributed by atoms with Gasteiger partial charge in [-0.15, -0.1) is 0 Å². The molecular formula is C19H29N3O. The van der Waals surface area contributed by atoms with Crippen molar-refractivity contribution in [2.45, 2.75) is 69.5 Å². The highest BCUT2D eigenvalue weighted by Crippen LogP contribution is 2.41. The number of rotatable bonds is 3. The molecule has 0 bridgehead atoms. The highest BCUT2D eigenvalue weighted by atomic mass is 16.2. The summed E-state index contributed by atoms with van der Waals surface area (Å²) in [5.74, 6) is 0.441. The molecule has 4 heteroatoms. The normalized spacial score (nSPS) is 30.0. The molecule has 0 aromatic carbocycles. The van der Waals surface area contributed by atoms with Crippen molar-refractivity contribution in [2.75, 3.05) is 13.1 Å². The molecule has 1 spiro atoms. The van der Waals surface area contributed by atoms with Crippen molar-refractivity contribution >= 4 is 5.91 Å². The zero-order chi connectivity index (χ0) is 15.9. The summed E-state index contributed by atoms with van der Waals surface area (Å²) in [5.41, 5.74) is 1.12. The molecule has 1 saturated carbocycles. The predicted molar refractivity (Wildman–Crippen MR) is 91.0 cm³/mol. The first-order valence-electron chi connectivity index (χ1n) is 9.37. The molecule has 23 heavy (non-hydrogen) atoms. The van der Waals surface area contributed by atoms with Gasteiger partial charge in [-0.25, -0.2) is 0 Å². The number of likely N-dealkylation sites (tertiary alicyclic amines) is 2. The maximum absolute atomic E-state index is 13.3. The van der Waals surface area contributed by atoms with Crippen molar-refractivity contribution in [3.05, 3.63) is 24.0 Å². The molecule has 126 valence electrons. The van der Waals surface area contributed by atoms with Crippen LogP contribution >= 0.6 is 0 Å². The van der Waals surface area contributed by atoms with E-state index in [9.17, 15) is 4.79 Å². The summed E-state index contributed by atoms with van der Waals surface area (Å²) in [6.45, 7) is 2.95. The van der Waals surface area contributed by atoms with Gasteiger partial charge in [0.25, 0.3) is 0 Å². The first-order valence-corrected chi connectivity index (χ1v) is 9.37. The van der Waals surface area contributed by atoms with Crippen LogP contribution in [0.5, 0.6) is 0 Å². The molecule has 1 aliphatic carbocycles. The zero-order valence-electron chi connectivity index (χ0n) is 14.3. The largest absolute Gasteiger partial charge is 0.353 e. The molecule has 0 N–H and O–H groups in total. The Hall–Kier alpha value is -1.29. The van der Waals surface area contributed by atoms with Crippen LogP contribution in [0.2, 0.25) is 0 Å². The molecule has 4 rings (SSSR count). The second-order valence-electron chi connectivity index (χ2n) is 7.71. The van der Waals surface area contributed by atoms with Crippen LogP contribution in [0.4, 0.5) is 0 Å². The summed E-state index contributed by atoms with van der Waals surface area (Å²) in [7, 11) is 2.10. The van der Waals surface area contributed by atoms with E-state index < -0.39 is 0 Å². The Morgan fingerprint density at radius 1 is 1.13 bits per heavy atom. The fourth-order valence-electron chi connectivity index (χ4n) is 5.07. The van der Waals surface area contributed by atoms with Gasteiger partial charge < -0.3 is 9.47 Å². The molecule has 1 amide bonds. The standard InChI is InChI=1S/C19H29N3O/c1-20-12-5-9-17(20)15-21-13-6-10-19(21)11-14-22(18(19)23)16-7-3-2-4-8-16/h5,9,12,16H,2-4,6-8,10-11,13-15H2,1H3. The highest BCUT2D eigenvalue weighted by Gasteiger charge is 2.54. The van der Waals surface area contributed by atoms with Gasteiger partial charge in [-0.3, -0.25) is 9.69 Å². The van der Waals surface area contributed by atoms with Gasteiger partial charge >= 0.3 is 0 Å². The third kappa shape index (κ3) is 2.51. The monoisotopic (exact) mass is 315 g/mol. The SMILES string of the molecule is Cn1cccc1CN1CCCC12CCN(C1CCCCC1)C2=O. The molecule has 1 unspecified atom stereocenters. The van der Waals surface area contributed by atoms with Gasteiger partial charge in [0.15, 0.2) is 0 Å². The predicted octanol–water partition coefficient (Wildman–Crippen LogP) is 2.92. The van der Waals surface area contributed by atoms with Gasteiger partial charge in [-0.1, -0.05) is 19.3 Å². The Balaban J connectivity index is 1.52. The quantitative estimate of drug-likeness (QED) is 0.858. The van der Waals surface area contributed by atoms with E-state index in [4.69, 9.17) is 0 Å². The van der Waals surface area contributed by atoms with Gasteiger partial charge in [0.1, 0.15) is 5.54 Å². The number of nitrogens with zero attached hydrogens (tertiary/aromatic N) is 3. The fraction of sp³-hybridized carbons (Fsp3) is 0.737. The van der Waals surface area contributed by atoms with E-state index in [2.05, 4.69) is 39.7 Å². The summed E-state index contributed by atoms with van der Waals surface area (Å²) in [6, 6.07) is 4.81. The van der Waals surface area contributed by atoms with E-state index in [1.54, 1.807) is 0 Å². The maximum atomic E-state index is 13.3. The molecule has 1 aromatic rings. The van der Waals surface area contributed by atoms with Crippen LogP contribution in [-0.2, 0) is 18.4 Å². The molecule has 3 heterocycles. The van der Waals surface area contributed by atoms with Crippen molar-refractivity contribution in [1.29, 1.82) is 0 Å². The number of aryl methyl sites for hydroxylation is 1. The smallest absolute Gasteiger partial charge is 0.243 e. The number of carbonyl (C=O) groups is 1. The topological polar surface area (TPSA) is 28.5 Å². The van der Waals surface area contributed by atoms with Crippen LogP contribution in [0, 0.1) is 0 Å². The molecule has 2 aliphatic heterocycles. The second-order valence-corrected chi connectivity index (χ2v) is 7.71. The van der Waals surface area contributed by atoms with E-state index in [0.29, 0.717) is 11.9 Å². The molecule has 1 atom stereocenters. The van der Waals surface area contributed by atoms with Crippen LogP contribution in [0.25, 0.3) is 0 Å². The van der Waals surface area contributed by atoms with Crippen LogP contribution in [0.1, 0.15) is 57.1 Å². The maximum Gasteiger partial charge on any atom is 0.243 e. The van der Waals surface area contributed by atoms with Crippen LogP contribution in [0.3, 0.4) is 0 Å². The van der Waals surface area contributed by atoms with Crippen LogP contribution < -0.4 is 0 Å². The van der Waals surface area contributed by atoms with Crippen molar-refractivity contribution < 1.29 is 4.79 Å². The van der Waals surface area contributed by atoms with Crippen molar-refractivity contribution in [2.24, 2.45) is 7.05 Å². The fourth-order valence-corrected chi connectivity index (χ4v) is 5.07. The second kappa shape index (κ2) is 5.97. The van der Waals surface area contributed by atoms with Gasteiger partial charge in [0.2, 0.25) is 5.91 Å². The Kier molecular flexibility index (Phi) is 3.96. The van der Waals surface area contributed by atoms with Gasteiger partial charge in [-0.05, 0) is 50.8 Å². The first-order chi connectivity index (χ1) is 11.2. The number of hydrogen-bond donors (Lipinski definition) is 0. The average molecular weight is 315 g/mol. The third-order valence-electron chi connectivity index (χ3n) is 6.47. The Labute approximate surface area is 139 Å². The van der Waals surface area contributed by atoms with Crippen LogP contribution in [0.15, 0.2) is 18.3 Å². The Morgan fingerprint density at radius 2 is 1.96 bits per heavy atom. The molecule has 0 radical (unpaired) electrons. The van der Waals surface area contributed by atoms with E-state index in [0.717, 1.165) is 38.9 Å². The molecule has 4 nitrogen and oxygen atoms in total. The van der Waals surface area contributed by atoms with Gasteiger partial charge in [0, 0.05) is 38.1 Å². The lowest BCUT2D eigenvalue weighted by atomic mass is 9.92. The van der Waals surface area contributed by atoms with Crippen molar-refractivity contribution in [1.82, 2.24) is 14.4 Å². The summed E-state index contributed by atoms with van der Waals surface area (Å²) in [4.78, 5) is 18.1. The Bertz CT molecular complexity index is 575. The number of hydrogen-bond acceptors (Lipinski definition) is 2. The first kappa shape index (κ1) is 15.3. The Morgan fingerprint density at radius 3 is 2.70 bits per heavy atom. The van der Waals surface area contributed by atoms with E-state index in [1.165, 1.54) is 37.8 Å². The van der Waals surface area contributed by atoms with Crippen LogP contribution in [-0.4, -0.2) is 44.9 Å². The van der Waals surface area contributed by atoms with Gasteiger partial charge in [0.05, 0.1) is 0 Å². The highest BCUT2D eigenvalue weighted by molar-refractivity contribution is 5.89. The number of aromatic nitrogens is 1. The van der Waals surface area contributed by atoms with Crippen molar-refractivity contribution in [3.63, 3.8) is 0 Å². The third-order valence-corrected chi connectivity index (χ3v) is 6.47. The van der Waals surface area contributed by atoms with E-state index in [-0.39, 0.29) is 5.54 Å².